The van der Waals surface area contributed by atoms with Gasteiger partial charge in [0.2, 0.25) is 5.75 Å². The number of carbonyl (C=O) groups is 2. The Bertz CT molecular complexity index is 1220. The van der Waals surface area contributed by atoms with Crippen molar-refractivity contribution in [2.75, 3.05) is 55.1 Å². The van der Waals surface area contributed by atoms with Gasteiger partial charge in [-0.05, 0) is 38.1 Å². The second kappa shape index (κ2) is 12.5. The molecule has 1 saturated heterocycles. The highest BCUT2D eigenvalue weighted by atomic mass is 16.7. The van der Waals surface area contributed by atoms with Crippen LogP contribution in [-0.4, -0.2) is 61.7 Å². The molecule has 37 heavy (non-hydrogen) atoms. The number of morpholine rings is 1. The summed E-state index contributed by atoms with van der Waals surface area (Å²) in [6.45, 7) is 6.17. The maximum Gasteiger partial charge on any atom is 0.515 e. The Morgan fingerprint density at radius 3 is 2.41 bits per heavy atom. The van der Waals surface area contributed by atoms with Crippen molar-refractivity contribution in [3.05, 3.63) is 54.6 Å². The Kier molecular flexibility index (Phi) is 8.71. The van der Waals surface area contributed by atoms with Crippen molar-refractivity contribution in [3.63, 3.8) is 0 Å². The van der Waals surface area contributed by atoms with E-state index in [-0.39, 0.29) is 24.1 Å². The molecule has 0 bridgehead atoms. The number of urea groups is 1. The van der Waals surface area contributed by atoms with Gasteiger partial charge in [0.15, 0.2) is 11.6 Å². The molecule has 1 aliphatic heterocycles. The lowest BCUT2D eigenvalue weighted by Gasteiger charge is -2.29. The van der Waals surface area contributed by atoms with Crippen molar-refractivity contribution >= 4 is 29.4 Å². The summed E-state index contributed by atoms with van der Waals surface area (Å²) in [7, 11) is 0. The number of anilines is 3. The molecule has 2 N–H and O–H groups in total. The lowest BCUT2D eigenvalue weighted by atomic mass is 10.2. The molecular weight excluding hydrogens is 478 g/mol. The number of ether oxygens (including phenoxy) is 4. The van der Waals surface area contributed by atoms with E-state index >= 15 is 0 Å². The number of rotatable bonds is 8. The molecule has 4 rings (SSSR count). The zero-order valence-electron chi connectivity index (χ0n) is 20.7. The summed E-state index contributed by atoms with van der Waals surface area (Å²) in [4.78, 5) is 35.9. The Morgan fingerprint density at radius 2 is 1.68 bits per heavy atom. The summed E-state index contributed by atoms with van der Waals surface area (Å²) in [5.74, 6) is 0.968. The molecule has 1 aromatic heterocycles. The highest BCUT2D eigenvalue weighted by Crippen LogP contribution is 2.38. The van der Waals surface area contributed by atoms with Crippen LogP contribution in [0.4, 0.5) is 26.8 Å². The number of hydrogen-bond donors (Lipinski definition) is 2. The molecule has 0 aliphatic carbocycles. The van der Waals surface area contributed by atoms with Crippen molar-refractivity contribution < 1.29 is 28.5 Å². The van der Waals surface area contributed by atoms with Crippen LogP contribution in [0.25, 0.3) is 11.4 Å². The maximum atomic E-state index is 12.5. The summed E-state index contributed by atoms with van der Waals surface area (Å²) in [6, 6.07) is 15.8. The molecule has 0 radical (unpaired) electrons. The molecule has 0 spiro atoms. The molecule has 1 fully saturated rings. The average Bonchev–Trinajstić information content (AvgIpc) is 2.91. The van der Waals surface area contributed by atoms with Crippen LogP contribution >= 0.6 is 0 Å². The number of benzene rings is 2. The fourth-order valence-corrected chi connectivity index (χ4v) is 3.65. The minimum Gasteiger partial charge on any atom is -0.486 e. The highest BCUT2D eigenvalue weighted by Gasteiger charge is 2.26. The van der Waals surface area contributed by atoms with E-state index in [0.717, 1.165) is 0 Å². The zero-order valence-corrected chi connectivity index (χ0v) is 20.7. The molecule has 2 amide bonds. The number of aromatic nitrogens is 2. The van der Waals surface area contributed by atoms with Gasteiger partial charge in [0.25, 0.3) is 5.88 Å². The van der Waals surface area contributed by atoms with Crippen molar-refractivity contribution in [2.45, 2.75) is 13.8 Å². The van der Waals surface area contributed by atoms with Gasteiger partial charge in [0.05, 0.1) is 26.4 Å². The molecule has 2 aromatic carbocycles. The molecule has 3 aromatic rings. The third-order valence-electron chi connectivity index (χ3n) is 5.27. The maximum absolute atomic E-state index is 12.5. The van der Waals surface area contributed by atoms with Crippen LogP contribution in [0.1, 0.15) is 13.8 Å². The molecule has 2 heterocycles. The van der Waals surface area contributed by atoms with Gasteiger partial charge in [0, 0.05) is 30.0 Å². The largest absolute Gasteiger partial charge is 0.515 e. The lowest BCUT2D eigenvalue weighted by molar-refractivity contribution is 0.100. The van der Waals surface area contributed by atoms with Gasteiger partial charge in [-0.1, -0.05) is 30.3 Å². The highest BCUT2D eigenvalue weighted by molar-refractivity contribution is 6.00. The Balaban J connectivity index is 1.67. The second-order valence-electron chi connectivity index (χ2n) is 7.85. The van der Waals surface area contributed by atoms with Crippen LogP contribution in [0, 0.1) is 0 Å². The fraction of sp³-hybridized carbons (Fsp3) is 0.308. The summed E-state index contributed by atoms with van der Waals surface area (Å²) < 4.78 is 21.7. The summed E-state index contributed by atoms with van der Waals surface area (Å²) in [5.41, 5.74) is 1.80. The normalized spacial score (nSPS) is 13.0. The van der Waals surface area contributed by atoms with Crippen LogP contribution in [-0.2, 0) is 9.47 Å². The molecule has 0 atom stereocenters. The number of nitrogens with one attached hydrogen (secondary N) is 2. The topological polar surface area (TPSA) is 124 Å². The first-order valence-corrected chi connectivity index (χ1v) is 12.0. The second-order valence-corrected chi connectivity index (χ2v) is 7.85. The minimum absolute atomic E-state index is 0.0491. The molecule has 0 unspecified atom stereocenters. The van der Waals surface area contributed by atoms with Gasteiger partial charge in [-0.15, -0.1) is 0 Å². The van der Waals surface area contributed by atoms with E-state index in [2.05, 4.69) is 15.6 Å². The molecule has 1 aliphatic rings. The number of carbonyl (C=O) groups excluding carboxylic acids is 2. The summed E-state index contributed by atoms with van der Waals surface area (Å²) in [6.07, 6.45) is -0.894. The number of amides is 2. The number of nitrogens with zero attached hydrogens (tertiary/aromatic N) is 3. The van der Waals surface area contributed by atoms with E-state index in [0.29, 0.717) is 55.7 Å². The fourth-order valence-electron chi connectivity index (χ4n) is 3.65. The van der Waals surface area contributed by atoms with E-state index in [1.54, 1.807) is 43.3 Å². The first-order valence-electron chi connectivity index (χ1n) is 12.0. The van der Waals surface area contributed by atoms with E-state index in [9.17, 15) is 9.59 Å². The van der Waals surface area contributed by atoms with Gasteiger partial charge in [0.1, 0.15) is 0 Å². The van der Waals surface area contributed by atoms with Crippen molar-refractivity contribution in [1.82, 2.24) is 9.97 Å². The van der Waals surface area contributed by atoms with E-state index < -0.39 is 12.2 Å². The van der Waals surface area contributed by atoms with Gasteiger partial charge >= 0.3 is 12.2 Å². The van der Waals surface area contributed by atoms with Gasteiger partial charge in [-0.2, -0.15) is 4.98 Å². The van der Waals surface area contributed by atoms with Crippen LogP contribution in [0.5, 0.6) is 11.6 Å². The van der Waals surface area contributed by atoms with Gasteiger partial charge in [-0.25, -0.2) is 14.6 Å². The average molecular weight is 508 g/mol. The number of para-hydroxylation sites is 1. The molecule has 194 valence electrons. The van der Waals surface area contributed by atoms with Crippen LogP contribution in [0.2, 0.25) is 0 Å². The Labute approximate surface area is 214 Å². The third-order valence-corrected chi connectivity index (χ3v) is 5.27. The zero-order chi connectivity index (χ0) is 26.0. The van der Waals surface area contributed by atoms with Crippen LogP contribution in [0.3, 0.4) is 0 Å². The summed E-state index contributed by atoms with van der Waals surface area (Å²) in [5, 5.41) is 5.59. The van der Waals surface area contributed by atoms with Crippen molar-refractivity contribution in [2.24, 2.45) is 0 Å². The Morgan fingerprint density at radius 1 is 0.946 bits per heavy atom. The monoisotopic (exact) mass is 507 g/mol. The standard InChI is InChI=1S/C26H29N5O6/c1-3-35-21-23(31-13-15-34-16-14-31)29-22(30-24(21)37-26(33)36-4-2)18-9-8-12-20(17-18)28-25(32)27-19-10-6-5-7-11-19/h5-12,17H,3-4,13-16H2,1-2H3,(H2,27,28,32). The van der Waals surface area contributed by atoms with Crippen molar-refractivity contribution in [3.8, 4) is 23.0 Å². The van der Waals surface area contributed by atoms with Crippen molar-refractivity contribution in [1.29, 1.82) is 0 Å². The van der Waals surface area contributed by atoms with E-state index in [1.165, 1.54) is 0 Å². The minimum atomic E-state index is -0.894. The van der Waals surface area contributed by atoms with Gasteiger partial charge < -0.3 is 34.5 Å². The molecular formula is C26H29N5O6. The first kappa shape index (κ1) is 25.7. The SMILES string of the molecule is CCOC(=O)Oc1nc(-c2cccc(NC(=O)Nc3ccccc3)c2)nc(N2CCOCC2)c1OCC. The first-order chi connectivity index (χ1) is 18.1. The van der Waals surface area contributed by atoms with Gasteiger partial charge in [-0.3, -0.25) is 0 Å². The van der Waals surface area contributed by atoms with E-state index in [4.69, 9.17) is 23.9 Å². The number of hydrogen-bond acceptors (Lipinski definition) is 9. The van der Waals surface area contributed by atoms with Crippen LogP contribution in [0.15, 0.2) is 54.6 Å². The molecule has 11 nitrogen and oxygen atoms in total. The van der Waals surface area contributed by atoms with Crippen LogP contribution < -0.4 is 25.0 Å². The van der Waals surface area contributed by atoms with E-state index in [1.807, 2.05) is 30.0 Å². The third kappa shape index (κ3) is 6.85. The predicted molar refractivity (Wildman–Crippen MR) is 138 cm³/mol. The Hall–Kier alpha value is -4.38. The molecule has 11 heteroatoms. The lowest BCUT2D eigenvalue weighted by Crippen LogP contribution is -2.37. The quantitative estimate of drug-likeness (QED) is 0.422. The summed E-state index contributed by atoms with van der Waals surface area (Å²) >= 11 is 0. The molecule has 0 saturated carbocycles. The predicted octanol–water partition coefficient (Wildman–Crippen LogP) is 4.56. The smallest absolute Gasteiger partial charge is 0.486 e.